The molecule has 0 radical (unpaired) electrons. The first-order valence-electron chi connectivity index (χ1n) is 8.93. The predicted octanol–water partition coefficient (Wildman–Crippen LogP) is 5.31. The van der Waals surface area contributed by atoms with E-state index in [2.05, 4.69) is 19.1 Å². The lowest BCUT2D eigenvalue weighted by molar-refractivity contribution is 0.514. The highest BCUT2D eigenvalue weighted by Crippen LogP contribution is 2.55. The number of hydrogen-bond acceptors (Lipinski definition) is 2. The van der Waals surface area contributed by atoms with E-state index in [1.54, 1.807) is 0 Å². The highest BCUT2D eigenvalue weighted by molar-refractivity contribution is 7.93. The van der Waals surface area contributed by atoms with Crippen LogP contribution in [0.25, 0.3) is 11.1 Å². The summed E-state index contributed by atoms with van der Waals surface area (Å²) >= 11 is 0. The van der Waals surface area contributed by atoms with E-state index < -0.39 is 14.6 Å². The Kier molecular flexibility index (Phi) is 4.56. The Morgan fingerprint density at radius 1 is 0.917 bits per heavy atom. The minimum Gasteiger partial charge on any atom is -0.227 e. The monoisotopic (exact) mass is 342 g/mol. The van der Waals surface area contributed by atoms with Crippen molar-refractivity contribution in [2.75, 3.05) is 0 Å². The SMILES string of the molecule is CCCCC1(S(=O)(=O)C(C)CC)c2ccccc2-c2ccccc21. The van der Waals surface area contributed by atoms with Gasteiger partial charge in [0, 0.05) is 0 Å². The average Bonchev–Trinajstić information content (AvgIpc) is 2.91. The summed E-state index contributed by atoms with van der Waals surface area (Å²) in [6.07, 6.45) is 3.19. The van der Waals surface area contributed by atoms with E-state index in [4.69, 9.17) is 0 Å². The van der Waals surface area contributed by atoms with Crippen LogP contribution in [-0.2, 0) is 14.6 Å². The van der Waals surface area contributed by atoms with Crippen LogP contribution in [0.4, 0.5) is 0 Å². The Hall–Kier alpha value is -1.61. The largest absolute Gasteiger partial charge is 0.227 e. The maximum absolute atomic E-state index is 13.7. The summed E-state index contributed by atoms with van der Waals surface area (Å²) in [6.45, 7) is 5.94. The first-order valence-corrected chi connectivity index (χ1v) is 10.5. The number of sulfone groups is 1. The summed E-state index contributed by atoms with van der Waals surface area (Å²) in [5, 5.41) is -0.353. The van der Waals surface area contributed by atoms with Crippen LogP contribution in [0.1, 0.15) is 57.6 Å². The lowest BCUT2D eigenvalue weighted by Gasteiger charge is -2.34. The lowest BCUT2D eigenvalue weighted by atomic mass is 9.90. The van der Waals surface area contributed by atoms with Crippen molar-refractivity contribution in [3.63, 3.8) is 0 Å². The van der Waals surface area contributed by atoms with Crippen LogP contribution in [0.2, 0.25) is 0 Å². The van der Waals surface area contributed by atoms with Gasteiger partial charge < -0.3 is 0 Å². The van der Waals surface area contributed by atoms with Crippen LogP contribution in [0.15, 0.2) is 48.5 Å². The van der Waals surface area contributed by atoms with Crippen molar-refractivity contribution in [1.29, 1.82) is 0 Å². The zero-order valence-electron chi connectivity index (χ0n) is 14.7. The predicted molar refractivity (Wildman–Crippen MR) is 101 cm³/mol. The van der Waals surface area contributed by atoms with Crippen molar-refractivity contribution in [3.05, 3.63) is 59.7 Å². The summed E-state index contributed by atoms with van der Waals surface area (Å²) < 4.78 is 26.5. The molecular formula is C21H26O2S. The van der Waals surface area contributed by atoms with E-state index in [1.165, 1.54) is 0 Å². The molecule has 0 heterocycles. The smallest absolute Gasteiger partial charge is 0.166 e. The maximum Gasteiger partial charge on any atom is 0.166 e. The minimum absolute atomic E-state index is 0.353. The quantitative estimate of drug-likeness (QED) is 0.712. The number of benzene rings is 2. The third-order valence-electron chi connectivity index (χ3n) is 5.49. The summed E-state index contributed by atoms with van der Waals surface area (Å²) in [5.41, 5.74) is 4.10. The molecule has 0 amide bonds. The van der Waals surface area contributed by atoms with Gasteiger partial charge in [-0.25, -0.2) is 8.42 Å². The third kappa shape index (κ3) is 2.25. The van der Waals surface area contributed by atoms with Crippen LogP contribution < -0.4 is 0 Å². The number of fused-ring (bicyclic) bond motifs is 3. The Balaban J connectivity index is 2.37. The van der Waals surface area contributed by atoms with Crippen molar-refractivity contribution in [3.8, 4) is 11.1 Å². The normalized spacial score (nSPS) is 16.5. The topological polar surface area (TPSA) is 34.1 Å². The van der Waals surface area contributed by atoms with E-state index in [-0.39, 0.29) is 5.25 Å². The Bertz CT molecular complexity index is 791. The Labute approximate surface area is 145 Å². The molecule has 24 heavy (non-hydrogen) atoms. The van der Waals surface area contributed by atoms with Crippen molar-refractivity contribution >= 4 is 9.84 Å². The molecule has 0 aliphatic heterocycles. The Morgan fingerprint density at radius 3 is 1.88 bits per heavy atom. The van der Waals surface area contributed by atoms with Gasteiger partial charge in [-0.1, -0.05) is 75.2 Å². The summed E-state index contributed by atoms with van der Waals surface area (Å²) in [5.74, 6) is 0. The van der Waals surface area contributed by atoms with Gasteiger partial charge in [-0.3, -0.25) is 0 Å². The Morgan fingerprint density at radius 2 is 1.42 bits per heavy atom. The molecule has 0 bridgehead atoms. The summed E-state index contributed by atoms with van der Waals surface area (Å²) in [7, 11) is -3.35. The van der Waals surface area contributed by atoms with Gasteiger partial charge in [0.2, 0.25) is 0 Å². The first-order chi connectivity index (χ1) is 11.5. The lowest BCUT2D eigenvalue weighted by Crippen LogP contribution is -2.40. The number of rotatable bonds is 6. The van der Waals surface area contributed by atoms with Crippen LogP contribution >= 0.6 is 0 Å². The third-order valence-corrected chi connectivity index (χ3v) is 8.50. The van der Waals surface area contributed by atoms with Crippen molar-refractivity contribution in [2.45, 2.75) is 56.5 Å². The molecule has 2 aromatic rings. The number of unbranched alkanes of at least 4 members (excludes halogenated alkanes) is 1. The number of hydrogen-bond donors (Lipinski definition) is 0. The molecule has 0 N–H and O–H groups in total. The second kappa shape index (κ2) is 6.36. The molecule has 0 saturated carbocycles. The second-order valence-corrected chi connectivity index (χ2v) is 9.38. The molecule has 3 rings (SSSR count). The van der Waals surface area contributed by atoms with Crippen molar-refractivity contribution in [2.24, 2.45) is 0 Å². The molecule has 128 valence electrons. The first kappa shape index (κ1) is 17.2. The van der Waals surface area contributed by atoms with Crippen LogP contribution in [-0.4, -0.2) is 13.7 Å². The molecule has 0 fully saturated rings. The highest BCUT2D eigenvalue weighted by Gasteiger charge is 2.53. The fourth-order valence-electron chi connectivity index (χ4n) is 3.99. The van der Waals surface area contributed by atoms with Crippen LogP contribution in [0.3, 0.4) is 0 Å². The molecular weight excluding hydrogens is 316 g/mol. The fourth-order valence-corrected chi connectivity index (χ4v) is 6.52. The molecule has 0 aromatic heterocycles. The fraction of sp³-hybridized carbons (Fsp3) is 0.429. The van der Waals surface area contributed by atoms with E-state index in [1.807, 2.05) is 50.2 Å². The average molecular weight is 343 g/mol. The van der Waals surface area contributed by atoms with Crippen LogP contribution in [0.5, 0.6) is 0 Å². The minimum atomic E-state index is -3.35. The molecule has 0 spiro atoms. The standard InChI is InChI=1S/C21H26O2S/c1-4-6-15-21(24(22,23)16(3)5-2)19-13-9-7-11-17(19)18-12-8-10-14-20(18)21/h7-14,16H,4-6,15H2,1-3H3. The zero-order valence-corrected chi connectivity index (χ0v) is 15.6. The molecule has 1 atom stereocenters. The van der Waals surface area contributed by atoms with Gasteiger partial charge in [0.1, 0.15) is 4.75 Å². The van der Waals surface area contributed by atoms with Crippen molar-refractivity contribution < 1.29 is 8.42 Å². The van der Waals surface area contributed by atoms with E-state index >= 15 is 0 Å². The molecule has 2 nitrogen and oxygen atoms in total. The van der Waals surface area contributed by atoms with Gasteiger partial charge in [-0.15, -0.1) is 0 Å². The second-order valence-electron chi connectivity index (χ2n) is 6.79. The van der Waals surface area contributed by atoms with E-state index in [0.29, 0.717) is 12.8 Å². The van der Waals surface area contributed by atoms with Gasteiger partial charge in [-0.05, 0) is 42.0 Å². The molecule has 1 aliphatic carbocycles. The highest BCUT2D eigenvalue weighted by atomic mass is 32.2. The van der Waals surface area contributed by atoms with Gasteiger partial charge in [0.25, 0.3) is 0 Å². The summed E-state index contributed by atoms with van der Waals surface area (Å²) in [6, 6.07) is 16.1. The van der Waals surface area contributed by atoms with E-state index in [0.717, 1.165) is 35.1 Å². The van der Waals surface area contributed by atoms with Gasteiger partial charge in [0.05, 0.1) is 5.25 Å². The zero-order chi connectivity index (χ0) is 17.4. The van der Waals surface area contributed by atoms with Gasteiger partial charge >= 0.3 is 0 Å². The van der Waals surface area contributed by atoms with Crippen molar-refractivity contribution in [1.82, 2.24) is 0 Å². The summed E-state index contributed by atoms with van der Waals surface area (Å²) in [4.78, 5) is 0. The van der Waals surface area contributed by atoms with E-state index in [9.17, 15) is 8.42 Å². The van der Waals surface area contributed by atoms with Crippen LogP contribution in [0, 0.1) is 0 Å². The van der Waals surface area contributed by atoms with Gasteiger partial charge in [0.15, 0.2) is 9.84 Å². The molecule has 1 aliphatic rings. The molecule has 1 unspecified atom stereocenters. The molecule has 0 saturated heterocycles. The maximum atomic E-state index is 13.7. The molecule has 2 aromatic carbocycles. The van der Waals surface area contributed by atoms with Gasteiger partial charge in [-0.2, -0.15) is 0 Å². The molecule has 3 heteroatoms.